The van der Waals surface area contributed by atoms with Crippen LogP contribution in [0, 0.1) is 22.7 Å². The summed E-state index contributed by atoms with van der Waals surface area (Å²) in [7, 11) is 0. The highest BCUT2D eigenvalue weighted by molar-refractivity contribution is 5.98. The number of hydrogen-bond donors (Lipinski definition) is 0. The van der Waals surface area contributed by atoms with Gasteiger partial charge in [-0.25, -0.2) is 0 Å². The van der Waals surface area contributed by atoms with Gasteiger partial charge in [-0.1, -0.05) is 60.7 Å². The lowest BCUT2D eigenvalue weighted by Crippen LogP contribution is -1.97. The average molecular weight is 359 g/mol. The largest absolute Gasteiger partial charge is 0.342 e. The van der Waals surface area contributed by atoms with Crippen LogP contribution in [-0.4, -0.2) is 4.57 Å². The molecular weight excluding hydrogens is 342 g/mol. The Balaban J connectivity index is 1.81. The minimum Gasteiger partial charge on any atom is -0.342 e. The Kier molecular flexibility index (Phi) is 4.74. The number of nitriles is 2. The first-order valence-electron chi connectivity index (χ1n) is 9.02. The molecule has 28 heavy (non-hydrogen) atoms. The topological polar surface area (TPSA) is 52.5 Å². The van der Waals surface area contributed by atoms with Gasteiger partial charge in [0.25, 0.3) is 0 Å². The van der Waals surface area contributed by atoms with Crippen LogP contribution in [0.15, 0.2) is 85.1 Å². The Bertz CT molecular complexity index is 1250. The first-order chi connectivity index (χ1) is 13.8. The van der Waals surface area contributed by atoms with Gasteiger partial charge in [-0.3, -0.25) is 0 Å². The molecule has 1 aromatic heterocycles. The highest BCUT2D eigenvalue weighted by Gasteiger charge is 2.09. The monoisotopic (exact) mass is 359 g/mol. The molecule has 0 fully saturated rings. The predicted octanol–water partition coefficient (Wildman–Crippen LogP) is 5.63. The molecule has 1 heterocycles. The molecule has 0 atom stereocenters. The fourth-order valence-electron chi connectivity index (χ4n) is 3.39. The van der Waals surface area contributed by atoms with E-state index in [1.54, 1.807) is 18.2 Å². The number of hydrogen-bond acceptors (Lipinski definition) is 2. The lowest BCUT2D eigenvalue weighted by molar-refractivity contribution is 0.836. The molecule has 3 aromatic carbocycles. The van der Waals surface area contributed by atoms with Crippen molar-refractivity contribution in [3.63, 3.8) is 0 Å². The van der Waals surface area contributed by atoms with Crippen LogP contribution in [0.5, 0.6) is 0 Å². The third-order valence-electron chi connectivity index (χ3n) is 4.74. The van der Waals surface area contributed by atoms with Crippen LogP contribution in [0.1, 0.15) is 22.3 Å². The second-order valence-electron chi connectivity index (χ2n) is 6.58. The van der Waals surface area contributed by atoms with Gasteiger partial charge >= 0.3 is 0 Å². The van der Waals surface area contributed by atoms with E-state index in [-0.39, 0.29) is 0 Å². The average Bonchev–Trinajstić information content (AvgIpc) is 3.10. The van der Waals surface area contributed by atoms with Gasteiger partial charge in [-0.2, -0.15) is 10.5 Å². The van der Waals surface area contributed by atoms with E-state index in [2.05, 4.69) is 47.2 Å². The zero-order chi connectivity index (χ0) is 19.3. The van der Waals surface area contributed by atoms with Crippen molar-refractivity contribution in [3.8, 4) is 12.1 Å². The first-order valence-corrected chi connectivity index (χ1v) is 9.02. The van der Waals surface area contributed by atoms with Crippen molar-refractivity contribution in [2.24, 2.45) is 0 Å². The zero-order valence-electron chi connectivity index (χ0n) is 15.2. The summed E-state index contributed by atoms with van der Waals surface area (Å²) in [5.41, 5.74) is 5.18. The van der Waals surface area contributed by atoms with E-state index in [1.807, 2.05) is 42.5 Å². The Hall–Kier alpha value is -4.08. The normalized spacial score (nSPS) is 11.1. The van der Waals surface area contributed by atoms with Gasteiger partial charge in [-0.15, -0.1) is 0 Å². The Morgan fingerprint density at radius 3 is 2.46 bits per heavy atom. The Labute approximate surface area is 164 Å². The number of rotatable bonds is 4. The maximum Gasteiger partial charge on any atom is 0.0998 e. The van der Waals surface area contributed by atoms with Crippen LogP contribution < -0.4 is 0 Å². The number of aromatic nitrogens is 1. The summed E-state index contributed by atoms with van der Waals surface area (Å²) < 4.78 is 2.21. The maximum absolute atomic E-state index is 9.71. The first kappa shape index (κ1) is 17.3. The summed E-state index contributed by atoms with van der Waals surface area (Å²) in [6, 6.07) is 30.1. The third-order valence-corrected chi connectivity index (χ3v) is 4.74. The van der Waals surface area contributed by atoms with Crippen molar-refractivity contribution in [1.29, 1.82) is 10.5 Å². The molecule has 4 aromatic rings. The number of nitrogens with zero attached hydrogens (tertiary/aromatic N) is 3. The summed E-state index contributed by atoms with van der Waals surface area (Å²) in [6.07, 6.45) is 3.99. The maximum atomic E-state index is 9.71. The molecule has 0 N–H and O–H groups in total. The number of benzene rings is 3. The highest BCUT2D eigenvalue weighted by atomic mass is 15.0. The van der Waals surface area contributed by atoms with Crippen molar-refractivity contribution in [3.05, 3.63) is 107 Å². The van der Waals surface area contributed by atoms with Crippen molar-refractivity contribution in [2.45, 2.75) is 6.54 Å². The quantitative estimate of drug-likeness (QED) is 0.444. The van der Waals surface area contributed by atoms with Crippen molar-refractivity contribution >= 4 is 22.6 Å². The van der Waals surface area contributed by atoms with E-state index < -0.39 is 0 Å². The lowest BCUT2D eigenvalue weighted by atomic mass is 10.0. The van der Waals surface area contributed by atoms with E-state index in [0.29, 0.717) is 11.1 Å². The number of allylic oxidation sites excluding steroid dienone is 1. The molecule has 0 amide bonds. The summed E-state index contributed by atoms with van der Waals surface area (Å²) in [6.45, 7) is 0.765. The van der Waals surface area contributed by atoms with Gasteiger partial charge in [0.05, 0.1) is 23.3 Å². The van der Waals surface area contributed by atoms with Crippen molar-refractivity contribution in [2.75, 3.05) is 0 Å². The van der Waals surface area contributed by atoms with Crippen molar-refractivity contribution in [1.82, 2.24) is 4.57 Å². The molecule has 3 heteroatoms. The summed E-state index contributed by atoms with van der Waals surface area (Å²) in [4.78, 5) is 0. The fourth-order valence-corrected chi connectivity index (χ4v) is 3.39. The number of fused-ring (bicyclic) bond motifs is 1. The standard InChI is InChI=1S/C25H17N3/c26-15-20-9-6-10-21(13-20)22(16-27)14-23-18-28(17-19-7-2-1-3-8-19)25-12-5-4-11-24(23)25/h1-14,18H,17H2/b22-14+. The molecule has 0 saturated heterocycles. The second kappa shape index (κ2) is 7.66. The van der Waals surface area contributed by atoms with Gasteiger partial charge < -0.3 is 4.57 Å². The minimum absolute atomic E-state index is 0.541. The molecule has 0 saturated carbocycles. The SMILES string of the molecule is N#C/C(=C\c1cn(Cc2ccccc2)c2ccccc12)c1cccc(C#N)c1. The van der Waals surface area contributed by atoms with Gasteiger partial charge in [0, 0.05) is 29.2 Å². The zero-order valence-corrected chi connectivity index (χ0v) is 15.2. The van der Waals surface area contributed by atoms with Crippen LogP contribution in [0.4, 0.5) is 0 Å². The van der Waals surface area contributed by atoms with Gasteiger partial charge in [-0.05, 0) is 35.4 Å². The van der Waals surface area contributed by atoms with Crippen LogP contribution in [-0.2, 0) is 6.54 Å². The molecule has 0 aliphatic rings. The molecule has 0 aliphatic carbocycles. The van der Waals surface area contributed by atoms with E-state index in [9.17, 15) is 5.26 Å². The number of para-hydroxylation sites is 1. The predicted molar refractivity (Wildman–Crippen MR) is 112 cm³/mol. The van der Waals surface area contributed by atoms with E-state index >= 15 is 0 Å². The Morgan fingerprint density at radius 1 is 0.893 bits per heavy atom. The molecular formula is C25H17N3. The summed E-state index contributed by atoms with van der Waals surface area (Å²) in [5.74, 6) is 0. The summed E-state index contributed by atoms with van der Waals surface area (Å²) >= 11 is 0. The molecule has 4 rings (SSSR count). The molecule has 3 nitrogen and oxygen atoms in total. The fraction of sp³-hybridized carbons (Fsp3) is 0.0400. The molecule has 0 spiro atoms. The van der Waals surface area contributed by atoms with Crippen LogP contribution >= 0.6 is 0 Å². The van der Waals surface area contributed by atoms with E-state index in [0.717, 1.165) is 28.6 Å². The molecule has 0 unspecified atom stereocenters. The smallest absolute Gasteiger partial charge is 0.0998 e. The Morgan fingerprint density at radius 2 is 1.68 bits per heavy atom. The van der Waals surface area contributed by atoms with E-state index in [1.165, 1.54) is 5.56 Å². The molecule has 0 aliphatic heterocycles. The molecule has 0 bridgehead atoms. The van der Waals surface area contributed by atoms with Crippen LogP contribution in [0.2, 0.25) is 0 Å². The summed E-state index contributed by atoms with van der Waals surface area (Å²) in [5, 5.41) is 19.9. The van der Waals surface area contributed by atoms with Crippen LogP contribution in [0.3, 0.4) is 0 Å². The van der Waals surface area contributed by atoms with E-state index in [4.69, 9.17) is 5.26 Å². The van der Waals surface area contributed by atoms with Gasteiger partial charge in [0.2, 0.25) is 0 Å². The molecule has 0 radical (unpaired) electrons. The highest BCUT2D eigenvalue weighted by Crippen LogP contribution is 2.27. The molecule has 132 valence electrons. The van der Waals surface area contributed by atoms with Gasteiger partial charge in [0.15, 0.2) is 0 Å². The third kappa shape index (κ3) is 3.43. The van der Waals surface area contributed by atoms with Crippen LogP contribution in [0.25, 0.3) is 22.6 Å². The van der Waals surface area contributed by atoms with Crippen molar-refractivity contribution < 1.29 is 0 Å². The second-order valence-corrected chi connectivity index (χ2v) is 6.58. The lowest BCUT2D eigenvalue weighted by Gasteiger charge is -2.05. The van der Waals surface area contributed by atoms with Gasteiger partial charge in [0.1, 0.15) is 0 Å². The minimum atomic E-state index is 0.541.